The van der Waals surface area contributed by atoms with Crippen LogP contribution in [0, 0.1) is 0 Å². The fourth-order valence-electron chi connectivity index (χ4n) is 3.00. The normalized spacial score (nSPS) is 17.9. The molecule has 1 aliphatic rings. The molecule has 4 nitrogen and oxygen atoms in total. The maximum Gasteiger partial charge on any atom is 0.314 e. The Hall–Kier alpha value is -1.71. The van der Waals surface area contributed by atoms with Crippen molar-refractivity contribution in [2.24, 2.45) is 0 Å². The highest BCUT2D eigenvalue weighted by Crippen LogP contribution is 2.47. The van der Waals surface area contributed by atoms with E-state index in [-0.39, 0.29) is 5.75 Å². The molecule has 0 radical (unpaired) electrons. The topological polar surface area (TPSA) is 66.8 Å². The first-order valence-corrected chi connectivity index (χ1v) is 6.80. The number of aromatic hydroxyl groups is 1. The van der Waals surface area contributed by atoms with Gasteiger partial charge >= 0.3 is 5.97 Å². The Labute approximate surface area is 113 Å². The van der Waals surface area contributed by atoms with E-state index >= 15 is 0 Å². The van der Waals surface area contributed by atoms with Gasteiger partial charge in [-0.25, -0.2) is 0 Å². The number of phenols is 1. The number of aliphatic carboxylic acids is 1. The van der Waals surface area contributed by atoms with E-state index in [1.807, 2.05) is 6.92 Å². The molecule has 2 rings (SSSR count). The minimum atomic E-state index is -1.01. The monoisotopic (exact) mass is 264 g/mol. The molecule has 1 aromatic carbocycles. The summed E-state index contributed by atoms with van der Waals surface area (Å²) in [6.45, 7) is 2.30. The summed E-state index contributed by atoms with van der Waals surface area (Å²) in [6.07, 6.45) is 3.89. The molecular weight excluding hydrogens is 244 g/mol. The van der Waals surface area contributed by atoms with Crippen LogP contribution in [0.25, 0.3) is 0 Å². The van der Waals surface area contributed by atoms with Crippen LogP contribution < -0.4 is 4.74 Å². The van der Waals surface area contributed by atoms with Crippen molar-refractivity contribution in [3.05, 3.63) is 23.8 Å². The van der Waals surface area contributed by atoms with Crippen molar-refractivity contribution in [3.8, 4) is 11.5 Å². The highest BCUT2D eigenvalue weighted by Gasteiger charge is 2.45. The maximum atomic E-state index is 11.8. The molecule has 4 heteroatoms. The molecule has 0 bridgehead atoms. The Bertz CT molecular complexity index is 461. The molecule has 0 heterocycles. The number of rotatable bonds is 4. The molecule has 1 fully saturated rings. The number of carbonyl (C=O) groups is 1. The number of benzene rings is 1. The van der Waals surface area contributed by atoms with Gasteiger partial charge in [0.2, 0.25) is 0 Å². The zero-order valence-corrected chi connectivity index (χ0v) is 11.2. The van der Waals surface area contributed by atoms with Crippen LogP contribution in [-0.4, -0.2) is 22.8 Å². The first kappa shape index (κ1) is 13.7. The second-order valence-electron chi connectivity index (χ2n) is 5.03. The lowest BCUT2D eigenvalue weighted by atomic mass is 9.69. The lowest BCUT2D eigenvalue weighted by Gasteiger charge is -2.35. The van der Waals surface area contributed by atoms with Crippen LogP contribution in [0.3, 0.4) is 0 Å². The molecule has 1 saturated carbocycles. The van der Waals surface area contributed by atoms with Gasteiger partial charge in [-0.05, 0) is 31.9 Å². The third-order valence-electron chi connectivity index (χ3n) is 3.90. The Balaban J connectivity index is 2.55. The van der Waals surface area contributed by atoms with Gasteiger partial charge in [0.05, 0.1) is 17.6 Å². The summed E-state index contributed by atoms with van der Waals surface area (Å²) in [5.74, 6) is -0.350. The highest BCUT2D eigenvalue weighted by atomic mass is 16.5. The Morgan fingerprint density at radius 2 is 2.00 bits per heavy atom. The predicted octanol–water partition coefficient (Wildman–Crippen LogP) is 3.08. The Morgan fingerprint density at radius 3 is 2.58 bits per heavy atom. The van der Waals surface area contributed by atoms with E-state index in [1.54, 1.807) is 12.1 Å². The SMILES string of the molecule is CCOc1cccc(O)c1C1(C(=O)O)CCCCC1. The van der Waals surface area contributed by atoms with Crippen molar-refractivity contribution in [2.45, 2.75) is 44.4 Å². The molecule has 0 spiro atoms. The van der Waals surface area contributed by atoms with Gasteiger partial charge in [-0.3, -0.25) is 4.79 Å². The fraction of sp³-hybridized carbons (Fsp3) is 0.533. The van der Waals surface area contributed by atoms with Crippen LogP contribution in [-0.2, 0) is 10.2 Å². The van der Waals surface area contributed by atoms with E-state index in [0.717, 1.165) is 19.3 Å². The van der Waals surface area contributed by atoms with Crippen molar-refractivity contribution in [1.82, 2.24) is 0 Å². The molecule has 19 heavy (non-hydrogen) atoms. The smallest absolute Gasteiger partial charge is 0.314 e. The van der Waals surface area contributed by atoms with Gasteiger partial charge in [0.15, 0.2) is 0 Å². The number of hydrogen-bond acceptors (Lipinski definition) is 3. The summed E-state index contributed by atoms with van der Waals surface area (Å²) in [5, 5.41) is 19.8. The van der Waals surface area contributed by atoms with Gasteiger partial charge < -0.3 is 14.9 Å². The van der Waals surface area contributed by atoms with E-state index in [4.69, 9.17) is 4.74 Å². The second kappa shape index (κ2) is 5.51. The quantitative estimate of drug-likeness (QED) is 0.877. The number of phenolic OH excluding ortho intramolecular Hbond substituents is 1. The molecule has 0 unspecified atom stereocenters. The van der Waals surface area contributed by atoms with E-state index in [9.17, 15) is 15.0 Å². The zero-order valence-electron chi connectivity index (χ0n) is 11.2. The minimum absolute atomic E-state index is 0.0234. The molecule has 1 aromatic rings. The van der Waals surface area contributed by atoms with Crippen LogP contribution >= 0.6 is 0 Å². The van der Waals surface area contributed by atoms with Gasteiger partial charge in [0.1, 0.15) is 11.5 Å². The van der Waals surface area contributed by atoms with Crippen LogP contribution in [0.15, 0.2) is 18.2 Å². The lowest BCUT2D eigenvalue weighted by Crippen LogP contribution is -2.38. The molecule has 0 saturated heterocycles. The zero-order chi connectivity index (χ0) is 13.9. The number of carboxylic acids is 1. The van der Waals surface area contributed by atoms with Gasteiger partial charge in [-0.2, -0.15) is 0 Å². The second-order valence-corrected chi connectivity index (χ2v) is 5.03. The number of hydrogen-bond donors (Lipinski definition) is 2. The van der Waals surface area contributed by atoms with E-state index in [0.29, 0.717) is 30.8 Å². The Morgan fingerprint density at radius 1 is 1.32 bits per heavy atom. The largest absolute Gasteiger partial charge is 0.507 e. The molecule has 104 valence electrons. The third kappa shape index (κ3) is 2.39. The van der Waals surface area contributed by atoms with Gasteiger partial charge in [-0.15, -0.1) is 0 Å². The van der Waals surface area contributed by atoms with Crippen LogP contribution in [0.5, 0.6) is 11.5 Å². The third-order valence-corrected chi connectivity index (χ3v) is 3.90. The highest BCUT2D eigenvalue weighted by molar-refractivity contribution is 5.84. The van der Waals surface area contributed by atoms with Gasteiger partial charge in [0, 0.05) is 0 Å². The average molecular weight is 264 g/mol. The lowest BCUT2D eigenvalue weighted by molar-refractivity contribution is -0.145. The number of carboxylic acid groups (broad SMARTS) is 1. The number of ether oxygens (including phenoxy) is 1. The van der Waals surface area contributed by atoms with Crippen molar-refractivity contribution >= 4 is 5.97 Å². The summed E-state index contributed by atoms with van der Waals surface area (Å²) >= 11 is 0. The van der Waals surface area contributed by atoms with E-state index in [2.05, 4.69) is 0 Å². The van der Waals surface area contributed by atoms with E-state index in [1.165, 1.54) is 6.07 Å². The molecule has 0 amide bonds. The van der Waals surface area contributed by atoms with Crippen molar-refractivity contribution in [3.63, 3.8) is 0 Å². The minimum Gasteiger partial charge on any atom is -0.507 e. The summed E-state index contributed by atoms with van der Waals surface area (Å²) in [5.41, 5.74) is -0.558. The molecule has 0 aliphatic heterocycles. The molecule has 0 aromatic heterocycles. The van der Waals surface area contributed by atoms with Crippen molar-refractivity contribution in [2.75, 3.05) is 6.61 Å². The molecule has 1 aliphatic carbocycles. The summed E-state index contributed by atoms with van der Waals surface area (Å²) in [6, 6.07) is 4.96. The van der Waals surface area contributed by atoms with E-state index < -0.39 is 11.4 Å². The van der Waals surface area contributed by atoms with Gasteiger partial charge in [0.25, 0.3) is 0 Å². The first-order valence-electron chi connectivity index (χ1n) is 6.80. The van der Waals surface area contributed by atoms with Crippen molar-refractivity contribution < 1.29 is 19.7 Å². The Kier molecular flexibility index (Phi) is 3.98. The maximum absolute atomic E-state index is 11.8. The molecular formula is C15H20O4. The van der Waals surface area contributed by atoms with Crippen molar-refractivity contribution in [1.29, 1.82) is 0 Å². The van der Waals surface area contributed by atoms with Crippen LogP contribution in [0.2, 0.25) is 0 Å². The predicted molar refractivity (Wildman–Crippen MR) is 71.7 cm³/mol. The standard InChI is InChI=1S/C15H20O4/c1-2-19-12-8-6-7-11(16)13(12)15(14(17)18)9-4-3-5-10-15/h6-8,16H,2-5,9-10H2,1H3,(H,17,18). The average Bonchev–Trinajstić information content (AvgIpc) is 2.40. The summed E-state index contributed by atoms with van der Waals surface area (Å²) in [4.78, 5) is 11.8. The summed E-state index contributed by atoms with van der Waals surface area (Å²) in [7, 11) is 0. The molecule has 0 atom stereocenters. The fourth-order valence-corrected chi connectivity index (χ4v) is 3.00. The molecule has 2 N–H and O–H groups in total. The van der Waals surface area contributed by atoms with Crippen LogP contribution in [0.4, 0.5) is 0 Å². The van der Waals surface area contributed by atoms with Crippen LogP contribution in [0.1, 0.15) is 44.6 Å². The van der Waals surface area contributed by atoms with Gasteiger partial charge in [-0.1, -0.05) is 25.3 Å². The first-order chi connectivity index (χ1) is 9.12. The summed E-state index contributed by atoms with van der Waals surface area (Å²) < 4.78 is 5.52.